The van der Waals surface area contributed by atoms with E-state index in [2.05, 4.69) is 23.2 Å². The lowest BCUT2D eigenvalue weighted by atomic mass is 9.81. The predicted octanol–water partition coefficient (Wildman–Crippen LogP) is 5.72. The molecule has 2 aliphatic heterocycles. The summed E-state index contributed by atoms with van der Waals surface area (Å²) in [4.78, 5) is 2.92. The molecule has 2 aromatic carbocycles. The zero-order valence-corrected chi connectivity index (χ0v) is 21.0. The van der Waals surface area contributed by atoms with E-state index >= 15 is 0 Å². The Kier molecular flexibility index (Phi) is 5.84. The molecule has 5 nitrogen and oxygen atoms in total. The maximum absolute atomic E-state index is 14.0. The first-order chi connectivity index (χ1) is 15.8. The number of nitrogens with one attached hydrogen (secondary N) is 1. The Morgan fingerprint density at radius 1 is 1.03 bits per heavy atom. The highest BCUT2D eigenvalue weighted by Crippen LogP contribution is 2.46. The van der Waals surface area contributed by atoms with Crippen LogP contribution in [0.4, 0.5) is 17.1 Å². The standard InChI is InChI=1S/C27H37N3O2S/c1-20-11-14-27(12-4-5-13-27)19-29(18-20)23-10-9-21(2)25(17-23)33(31,32)30-16-15-28-24-8-6-7-22(3)26(24)30/h6-10,17,20,28H,4-5,11-16,18-19H2,1-3H3. The number of hydrogen-bond acceptors (Lipinski definition) is 4. The summed E-state index contributed by atoms with van der Waals surface area (Å²) in [7, 11) is -3.67. The quantitative estimate of drug-likeness (QED) is 0.627. The van der Waals surface area contributed by atoms with Crippen molar-refractivity contribution in [2.24, 2.45) is 11.3 Å². The minimum Gasteiger partial charge on any atom is -0.382 e. The van der Waals surface area contributed by atoms with Crippen molar-refractivity contribution in [3.63, 3.8) is 0 Å². The van der Waals surface area contributed by atoms with E-state index in [-0.39, 0.29) is 0 Å². The lowest BCUT2D eigenvalue weighted by molar-refractivity contribution is 0.279. The minimum atomic E-state index is -3.67. The summed E-state index contributed by atoms with van der Waals surface area (Å²) in [6.07, 6.45) is 7.85. The van der Waals surface area contributed by atoms with Crippen LogP contribution in [0.5, 0.6) is 0 Å². The molecule has 178 valence electrons. The largest absolute Gasteiger partial charge is 0.382 e. The van der Waals surface area contributed by atoms with Crippen LogP contribution in [0.3, 0.4) is 0 Å². The van der Waals surface area contributed by atoms with Crippen LogP contribution in [-0.2, 0) is 10.0 Å². The number of para-hydroxylation sites is 1. The minimum absolute atomic E-state index is 0.406. The van der Waals surface area contributed by atoms with Gasteiger partial charge in [0.2, 0.25) is 0 Å². The molecule has 1 N–H and O–H groups in total. The number of rotatable bonds is 3. The second-order valence-corrected chi connectivity index (χ2v) is 12.5. The molecule has 2 aromatic rings. The van der Waals surface area contributed by atoms with Crippen molar-refractivity contribution >= 4 is 27.1 Å². The number of nitrogens with zero attached hydrogens (tertiary/aromatic N) is 2. The fourth-order valence-corrected chi connectivity index (χ4v) is 8.05. The van der Waals surface area contributed by atoms with Crippen LogP contribution in [0, 0.1) is 25.2 Å². The Labute approximate surface area is 199 Å². The van der Waals surface area contributed by atoms with Gasteiger partial charge in [0.25, 0.3) is 10.0 Å². The summed E-state index contributed by atoms with van der Waals surface area (Å²) in [6, 6.07) is 12.0. The Balaban J connectivity index is 1.53. The molecule has 6 heteroatoms. The van der Waals surface area contributed by atoms with Gasteiger partial charge in [0.05, 0.1) is 22.8 Å². The normalized spacial score (nSPS) is 22.7. The molecule has 0 amide bonds. The van der Waals surface area contributed by atoms with E-state index in [1.165, 1.54) is 38.5 Å². The van der Waals surface area contributed by atoms with Crippen LogP contribution in [0.15, 0.2) is 41.3 Å². The molecule has 1 atom stereocenters. The zero-order valence-electron chi connectivity index (χ0n) is 20.2. The van der Waals surface area contributed by atoms with Crippen LogP contribution in [0.1, 0.15) is 56.6 Å². The summed E-state index contributed by atoms with van der Waals surface area (Å²) in [5.41, 5.74) is 4.92. The lowest BCUT2D eigenvalue weighted by Gasteiger charge is -2.35. The first-order valence-electron chi connectivity index (χ1n) is 12.5. The molecular formula is C27H37N3O2S. The maximum atomic E-state index is 14.0. The third-order valence-electron chi connectivity index (χ3n) is 8.11. The zero-order chi connectivity index (χ0) is 23.2. The number of benzene rings is 2. The predicted molar refractivity (Wildman–Crippen MR) is 137 cm³/mol. The van der Waals surface area contributed by atoms with Crippen LogP contribution in [0.25, 0.3) is 0 Å². The second kappa shape index (κ2) is 8.53. The molecule has 2 heterocycles. The maximum Gasteiger partial charge on any atom is 0.264 e. The van der Waals surface area contributed by atoms with E-state index in [9.17, 15) is 8.42 Å². The summed E-state index contributed by atoms with van der Waals surface area (Å²) < 4.78 is 29.7. The summed E-state index contributed by atoms with van der Waals surface area (Å²) in [6.45, 7) is 9.34. The summed E-state index contributed by atoms with van der Waals surface area (Å²) in [5.74, 6) is 0.619. The summed E-state index contributed by atoms with van der Waals surface area (Å²) in [5, 5.41) is 3.36. The van der Waals surface area contributed by atoms with Gasteiger partial charge in [-0.3, -0.25) is 4.31 Å². The molecule has 1 unspecified atom stereocenters. The average molecular weight is 468 g/mol. The van der Waals surface area contributed by atoms with Crippen molar-refractivity contribution in [3.8, 4) is 0 Å². The van der Waals surface area contributed by atoms with Gasteiger partial charge in [-0.2, -0.15) is 0 Å². The SMILES string of the molecule is Cc1ccc(N2CC(C)CCC3(CCCC3)C2)cc1S(=O)(=O)N1CCNc2cccc(C)c21. The van der Waals surface area contributed by atoms with E-state index in [0.717, 1.165) is 41.3 Å². The molecule has 0 aromatic heterocycles. The van der Waals surface area contributed by atoms with Crippen molar-refractivity contribution in [1.82, 2.24) is 0 Å². The van der Waals surface area contributed by atoms with Crippen molar-refractivity contribution in [3.05, 3.63) is 47.5 Å². The Morgan fingerprint density at radius 3 is 2.61 bits per heavy atom. The van der Waals surface area contributed by atoms with Crippen molar-refractivity contribution in [2.45, 2.75) is 64.2 Å². The smallest absolute Gasteiger partial charge is 0.264 e. The van der Waals surface area contributed by atoms with Gasteiger partial charge < -0.3 is 10.2 Å². The van der Waals surface area contributed by atoms with Gasteiger partial charge in [0.1, 0.15) is 0 Å². The first kappa shape index (κ1) is 22.6. The highest BCUT2D eigenvalue weighted by molar-refractivity contribution is 7.93. The Bertz CT molecular complexity index is 1140. The molecular weight excluding hydrogens is 430 g/mol. The topological polar surface area (TPSA) is 52.7 Å². The van der Waals surface area contributed by atoms with Crippen molar-refractivity contribution in [1.29, 1.82) is 0 Å². The number of aryl methyl sites for hydroxylation is 2. The van der Waals surface area contributed by atoms with Gasteiger partial charge in [-0.05, 0) is 80.2 Å². The first-order valence-corrected chi connectivity index (χ1v) is 13.9. The highest BCUT2D eigenvalue weighted by Gasteiger charge is 2.38. The van der Waals surface area contributed by atoms with Gasteiger partial charge in [-0.25, -0.2) is 8.42 Å². The molecule has 1 saturated heterocycles. The van der Waals surface area contributed by atoms with Crippen molar-refractivity contribution in [2.75, 3.05) is 40.7 Å². The van der Waals surface area contributed by atoms with Crippen LogP contribution in [0.2, 0.25) is 0 Å². The van der Waals surface area contributed by atoms with Crippen LogP contribution < -0.4 is 14.5 Å². The Morgan fingerprint density at radius 2 is 1.82 bits per heavy atom. The number of sulfonamides is 1. The van der Waals surface area contributed by atoms with Crippen LogP contribution >= 0.6 is 0 Å². The van der Waals surface area contributed by atoms with Gasteiger partial charge in [0, 0.05) is 25.3 Å². The molecule has 1 aliphatic carbocycles. The van der Waals surface area contributed by atoms with E-state index in [1.807, 2.05) is 44.2 Å². The Hall–Kier alpha value is -2.21. The number of fused-ring (bicyclic) bond motifs is 1. The third kappa shape index (κ3) is 4.11. The molecule has 0 radical (unpaired) electrons. The number of anilines is 3. The van der Waals surface area contributed by atoms with E-state index in [0.29, 0.717) is 29.3 Å². The summed E-state index contributed by atoms with van der Waals surface area (Å²) >= 11 is 0. The average Bonchev–Trinajstić information content (AvgIpc) is 3.19. The van der Waals surface area contributed by atoms with Gasteiger partial charge in [0.15, 0.2) is 0 Å². The van der Waals surface area contributed by atoms with Gasteiger partial charge in [-0.1, -0.05) is 38.0 Å². The fourth-order valence-electron chi connectivity index (χ4n) is 6.26. The van der Waals surface area contributed by atoms with Gasteiger partial charge in [-0.15, -0.1) is 0 Å². The third-order valence-corrected chi connectivity index (χ3v) is 10.1. The van der Waals surface area contributed by atoms with E-state index in [1.54, 1.807) is 4.31 Å². The van der Waals surface area contributed by atoms with Gasteiger partial charge >= 0.3 is 0 Å². The molecule has 2 fully saturated rings. The lowest BCUT2D eigenvalue weighted by Crippen LogP contribution is -2.40. The van der Waals surface area contributed by atoms with E-state index in [4.69, 9.17) is 0 Å². The monoisotopic (exact) mass is 467 g/mol. The van der Waals surface area contributed by atoms with E-state index < -0.39 is 10.0 Å². The molecule has 3 aliphatic rings. The molecule has 33 heavy (non-hydrogen) atoms. The molecule has 1 saturated carbocycles. The highest BCUT2D eigenvalue weighted by atomic mass is 32.2. The van der Waals surface area contributed by atoms with Crippen LogP contribution in [-0.4, -0.2) is 34.6 Å². The fraction of sp³-hybridized carbons (Fsp3) is 0.556. The second-order valence-electron chi connectivity index (χ2n) is 10.7. The molecule has 0 bridgehead atoms. The molecule has 5 rings (SSSR count). The molecule has 1 spiro atoms. The van der Waals surface area contributed by atoms with Crippen molar-refractivity contribution < 1.29 is 8.42 Å². The number of hydrogen-bond donors (Lipinski definition) is 1.